The molecule has 1 aromatic rings. The molecule has 0 aliphatic carbocycles. The van der Waals surface area contributed by atoms with Crippen LogP contribution < -0.4 is 10.6 Å². The third kappa shape index (κ3) is 4.71. The topological polar surface area (TPSA) is 58.3 Å². The first-order valence-corrected chi connectivity index (χ1v) is 7.74. The average Bonchev–Trinajstić information content (AvgIpc) is 2.45. The molecule has 1 saturated heterocycles. The van der Waals surface area contributed by atoms with E-state index >= 15 is 0 Å². The monoisotopic (exact) mass is 327 g/mol. The predicted octanol–water partition coefficient (Wildman–Crippen LogP) is 1.49. The molecule has 0 bridgehead atoms. The third-order valence-corrected chi connectivity index (χ3v) is 3.85. The van der Waals surface area contributed by atoms with Crippen LogP contribution in [0.4, 0.5) is 5.95 Å². The Labute approximate surface area is 123 Å². The Bertz CT molecular complexity index is 362. The van der Waals surface area contributed by atoms with Crippen molar-refractivity contribution in [1.82, 2.24) is 14.9 Å². The van der Waals surface area contributed by atoms with E-state index in [0.717, 1.165) is 49.6 Å². The highest BCUT2D eigenvalue weighted by Crippen LogP contribution is 2.13. The highest BCUT2D eigenvalue weighted by molar-refractivity contribution is 9.10. The largest absolute Gasteiger partial charge is 0.338 e. The molecular formula is C13H22BrN5. The first-order chi connectivity index (χ1) is 9.29. The van der Waals surface area contributed by atoms with Gasteiger partial charge in [-0.3, -0.25) is 4.90 Å². The van der Waals surface area contributed by atoms with Gasteiger partial charge >= 0.3 is 0 Å². The van der Waals surface area contributed by atoms with Crippen molar-refractivity contribution in [3.63, 3.8) is 0 Å². The molecule has 2 N–H and O–H groups in total. The van der Waals surface area contributed by atoms with Crippen molar-refractivity contribution in [3.05, 3.63) is 16.9 Å². The number of aromatic nitrogens is 2. The lowest BCUT2D eigenvalue weighted by molar-refractivity contribution is 0.251. The van der Waals surface area contributed by atoms with Gasteiger partial charge in [-0.2, -0.15) is 0 Å². The van der Waals surface area contributed by atoms with Gasteiger partial charge in [-0.15, -0.1) is 0 Å². The summed E-state index contributed by atoms with van der Waals surface area (Å²) in [5, 5.41) is 0. The molecule has 106 valence electrons. The Kier molecular flexibility index (Phi) is 6.00. The molecule has 2 rings (SSSR count). The number of nitrogens with two attached hydrogens (primary N) is 1. The van der Waals surface area contributed by atoms with Gasteiger partial charge < -0.3 is 10.6 Å². The fraction of sp³-hybridized carbons (Fsp3) is 0.692. The number of unbranched alkanes of at least 4 members (excludes halogenated alkanes) is 2. The number of hydrogen-bond donors (Lipinski definition) is 1. The van der Waals surface area contributed by atoms with Crippen molar-refractivity contribution in [2.24, 2.45) is 5.73 Å². The van der Waals surface area contributed by atoms with Crippen LogP contribution in [0.25, 0.3) is 0 Å². The van der Waals surface area contributed by atoms with E-state index in [4.69, 9.17) is 5.73 Å². The van der Waals surface area contributed by atoms with Crippen LogP contribution in [-0.4, -0.2) is 54.1 Å². The summed E-state index contributed by atoms with van der Waals surface area (Å²) in [6, 6.07) is 0. The van der Waals surface area contributed by atoms with Crippen LogP contribution in [0.5, 0.6) is 0 Å². The summed E-state index contributed by atoms with van der Waals surface area (Å²) in [5.74, 6) is 0.839. The van der Waals surface area contributed by atoms with Crippen LogP contribution in [-0.2, 0) is 0 Å². The molecule has 19 heavy (non-hydrogen) atoms. The Morgan fingerprint density at radius 3 is 2.37 bits per heavy atom. The van der Waals surface area contributed by atoms with Gasteiger partial charge in [0.2, 0.25) is 5.95 Å². The Balaban J connectivity index is 1.71. The summed E-state index contributed by atoms with van der Waals surface area (Å²) in [4.78, 5) is 13.5. The van der Waals surface area contributed by atoms with Crippen LogP contribution in [0.15, 0.2) is 16.9 Å². The van der Waals surface area contributed by atoms with Crippen molar-refractivity contribution < 1.29 is 0 Å². The third-order valence-electron chi connectivity index (χ3n) is 3.44. The lowest BCUT2D eigenvalue weighted by Gasteiger charge is -2.34. The van der Waals surface area contributed by atoms with Crippen LogP contribution in [0.2, 0.25) is 0 Å². The van der Waals surface area contributed by atoms with Crippen molar-refractivity contribution in [2.45, 2.75) is 19.3 Å². The van der Waals surface area contributed by atoms with Gasteiger partial charge in [-0.1, -0.05) is 6.42 Å². The quantitative estimate of drug-likeness (QED) is 0.802. The standard InChI is InChI=1S/C13H22BrN5/c14-12-10-16-13(17-11-12)19-8-6-18(7-9-19)5-3-1-2-4-15/h10-11H,1-9,15H2. The normalized spacial score (nSPS) is 16.8. The van der Waals surface area contributed by atoms with Gasteiger partial charge in [-0.25, -0.2) is 9.97 Å². The predicted molar refractivity (Wildman–Crippen MR) is 81.3 cm³/mol. The summed E-state index contributed by atoms with van der Waals surface area (Å²) < 4.78 is 0.926. The summed E-state index contributed by atoms with van der Waals surface area (Å²) >= 11 is 3.36. The maximum atomic E-state index is 5.50. The van der Waals surface area contributed by atoms with Gasteiger partial charge in [0.25, 0.3) is 0 Å². The second kappa shape index (κ2) is 7.77. The Hall–Kier alpha value is -0.720. The number of rotatable bonds is 6. The molecule has 0 atom stereocenters. The molecule has 2 heterocycles. The molecule has 0 radical (unpaired) electrons. The minimum absolute atomic E-state index is 0.814. The van der Waals surface area contributed by atoms with Gasteiger partial charge in [-0.05, 0) is 41.9 Å². The lowest BCUT2D eigenvalue weighted by Crippen LogP contribution is -2.47. The van der Waals surface area contributed by atoms with E-state index in [1.165, 1.54) is 19.4 Å². The van der Waals surface area contributed by atoms with Crippen LogP contribution >= 0.6 is 15.9 Å². The van der Waals surface area contributed by atoms with E-state index in [0.29, 0.717) is 0 Å². The first kappa shape index (κ1) is 14.7. The highest BCUT2D eigenvalue weighted by Gasteiger charge is 2.18. The zero-order chi connectivity index (χ0) is 13.5. The molecule has 0 spiro atoms. The molecule has 0 amide bonds. The van der Waals surface area contributed by atoms with Crippen molar-refractivity contribution in [1.29, 1.82) is 0 Å². The molecule has 1 aliphatic heterocycles. The molecule has 1 aromatic heterocycles. The van der Waals surface area contributed by atoms with E-state index in [1.807, 2.05) is 12.4 Å². The van der Waals surface area contributed by atoms with E-state index in [2.05, 4.69) is 35.7 Å². The van der Waals surface area contributed by atoms with Gasteiger partial charge in [0.05, 0.1) is 4.47 Å². The summed E-state index contributed by atoms with van der Waals surface area (Å²) in [6.07, 6.45) is 7.26. The summed E-state index contributed by atoms with van der Waals surface area (Å²) in [6.45, 7) is 6.23. The SMILES string of the molecule is NCCCCCN1CCN(c2ncc(Br)cn2)CC1. The second-order valence-corrected chi connectivity index (χ2v) is 5.79. The van der Waals surface area contributed by atoms with Crippen molar-refractivity contribution in [2.75, 3.05) is 44.2 Å². The first-order valence-electron chi connectivity index (χ1n) is 6.94. The molecule has 0 aromatic carbocycles. The molecule has 0 unspecified atom stereocenters. The number of piperazine rings is 1. The maximum Gasteiger partial charge on any atom is 0.225 e. The number of anilines is 1. The smallest absolute Gasteiger partial charge is 0.225 e. The minimum Gasteiger partial charge on any atom is -0.338 e. The second-order valence-electron chi connectivity index (χ2n) is 4.88. The lowest BCUT2D eigenvalue weighted by atomic mass is 10.2. The zero-order valence-electron chi connectivity index (χ0n) is 11.3. The van der Waals surface area contributed by atoms with Gasteiger partial charge in [0.15, 0.2) is 0 Å². The van der Waals surface area contributed by atoms with Gasteiger partial charge in [0, 0.05) is 38.6 Å². The van der Waals surface area contributed by atoms with E-state index < -0.39 is 0 Å². The van der Waals surface area contributed by atoms with Crippen LogP contribution in [0.1, 0.15) is 19.3 Å². The molecule has 5 nitrogen and oxygen atoms in total. The molecule has 1 aliphatic rings. The molecule has 6 heteroatoms. The van der Waals surface area contributed by atoms with Crippen LogP contribution in [0.3, 0.4) is 0 Å². The minimum atomic E-state index is 0.814. The number of halogens is 1. The van der Waals surface area contributed by atoms with E-state index in [9.17, 15) is 0 Å². The van der Waals surface area contributed by atoms with Crippen LogP contribution in [0, 0.1) is 0 Å². The number of nitrogens with zero attached hydrogens (tertiary/aromatic N) is 4. The molecule has 0 saturated carbocycles. The summed E-state index contributed by atoms with van der Waals surface area (Å²) in [7, 11) is 0. The fourth-order valence-electron chi connectivity index (χ4n) is 2.30. The van der Waals surface area contributed by atoms with Crippen molar-refractivity contribution in [3.8, 4) is 0 Å². The molecular weight excluding hydrogens is 306 g/mol. The average molecular weight is 328 g/mol. The maximum absolute atomic E-state index is 5.50. The highest BCUT2D eigenvalue weighted by atomic mass is 79.9. The molecule has 1 fully saturated rings. The Morgan fingerprint density at radius 2 is 1.74 bits per heavy atom. The van der Waals surface area contributed by atoms with Gasteiger partial charge in [0.1, 0.15) is 0 Å². The van der Waals surface area contributed by atoms with E-state index in [1.54, 1.807) is 0 Å². The zero-order valence-corrected chi connectivity index (χ0v) is 12.8. The number of hydrogen-bond acceptors (Lipinski definition) is 5. The summed E-state index contributed by atoms with van der Waals surface area (Å²) in [5.41, 5.74) is 5.50. The van der Waals surface area contributed by atoms with Crippen molar-refractivity contribution >= 4 is 21.9 Å². The Morgan fingerprint density at radius 1 is 1.05 bits per heavy atom. The fourth-order valence-corrected chi connectivity index (χ4v) is 2.50. The van der Waals surface area contributed by atoms with E-state index in [-0.39, 0.29) is 0 Å².